The van der Waals surface area contributed by atoms with Crippen LogP contribution in [0, 0.1) is 0 Å². The van der Waals surface area contributed by atoms with E-state index in [9.17, 15) is 13.6 Å². The van der Waals surface area contributed by atoms with Crippen molar-refractivity contribution in [2.45, 2.75) is 32.1 Å². The van der Waals surface area contributed by atoms with Crippen molar-refractivity contribution in [1.82, 2.24) is 10.2 Å². The first-order chi connectivity index (χ1) is 7.20. The highest BCUT2D eigenvalue weighted by atomic mass is 19.3. The molecule has 1 rings (SSSR count). The molecule has 0 aromatic rings. The van der Waals surface area contributed by atoms with Crippen LogP contribution in [0.2, 0.25) is 0 Å². The maximum absolute atomic E-state index is 11.8. The summed E-state index contributed by atoms with van der Waals surface area (Å²) in [5.41, 5.74) is 0. The lowest BCUT2D eigenvalue weighted by molar-refractivity contribution is -0.131. The summed E-state index contributed by atoms with van der Waals surface area (Å²) in [4.78, 5) is 12.8. The number of rotatable bonds is 5. The van der Waals surface area contributed by atoms with Gasteiger partial charge in [-0.15, -0.1) is 0 Å². The number of hydrogen-bond acceptors (Lipinski definition) is 2. The number of hydrogen-bond donors (Lipinski definition) is 1. The number of alkyl halides is 2. The Bertz CT molecular complexity index is 194. The summed E-state index contributed by atoms with van der Waals surface area (Å²) in [6, 6.07) is 0. The summed E-state index contributed by atoms with van der Waals surface area (Å²) in [6.45, 7) is 3.44. The smallest absolute Gasteiger partial charge is 0.315 e. The summed E-state index contributed by atoms with van der Waals surface area (Å²) in [5.74, 6) is -1.16. The molecular weight excluding hydrogens is 202 g/mol. The Balaban J connectivity index is 1.98. The highest BCUT2D eigenvalue weighted by Gasteiger charge is 2.14. The first-order valence-corrected chi connectivity index (χ1v) is 5.48. The number of nitrogens with zero attached hydrogens (tertiary/aromatic N) is 1. The van der Waals surface area contributed by atoms with Gasteiger partial charge in [0.05, 0.1) is 0 Å². The summed E-state index contributed by atoms with van der Waals surface area (Å²) in [5, 5.41) is 2.21. The predicted octanol–water partition coefficient (Wildman–Crippen LogP) is 1.24. The van der Waals surface area contributed by atoms with E-state index in [1.54, 1.807) is 0 Å². The third kappa shape index (κ3) is 5.06. The van der Waals surface area contributed by atoms with Crippen molar-refractivity contribution >= 4 is 5.91 Å². The number of halogens is 2. The normalized spacial score (nSPS) is 18.1. The van der Waals surface area contributed by atoms with E-state index in [1.165, 1.54) is 19.3 Å². The molecule has 3 nitrogen and oxygen atoms in total. The molecule has 0 unspecified atom stereocenters. The van der Waals surface area contributed by atoms with Crippen molar-refractivity contribution in [1.29, 1.82) is 0 Å². The van der Waals surface area contributed by atoms with Gasteiger partial charge in [0.15, 0.2) is 0 Å². The van der Waals surface area contributed by atoms with Gasteiger partial charge in [-0.25, -0.2) is 0 Å². The van der Waals surface area contributed by atoms with Gasteiger partial charge in [0.2, 0.25) is 0 Å². The van der Waals surface area contributed by atoms with Gasteiger partial charge in [-0.2, -0.15) is 8.78 Å². The maximum atomic E-state index is 11.8. The van der Waals surface area contributed by atoms with E-state index in [4.69, 9.17) is 0 Å². The molecule has 0 saturated carbocycles. The maximum Gasteiger partial charge on any atom is 0.315 e. The standard InChI is InChI=1S/C10H18F2N2O/c11-9(12)10(15)13-5-4-8-14-6-2-1-3-7-14/h9H,1-8H2,(H,13,15). The predicted molar refractivity (Wildman–Crippen MR) is 53.9 cm³/mol. The zero-order valence-electron chi connectivity index (χ0n) is 8.85. The number of likely N-dealkylation sites (tertiary alicyclic amines) is 1. The quantitative estimate of drug-likeness (QED) is 0.707. The van der Waals surface area contributed by atoms with Crippen LogP contribution in [0.25, 0.3) is 0 Å². The lowest BCUT2D eigenvalue weighted by Crippen LogP contribution is -2.35. The van der Waals surface area contributed by atoms with Crippen LogP contribution in [-0.4, -0.2) is 43.4 Å². The van der Waals surface area contributed by atoms with Crippen molar-refractivity contribution in [2.24, 2.45) is 0 Å². The fraction of sp³-hybridized carbons (Fsp3) is 0.900. The molecule has 0 aromatic heterocycles. The number of carbonyl (C=O) groups is 1. The van der Waals surface area contributed by atoms with Gasteiger partial charge < -0.3 is 10.2 Å². The minimum absolute atomic E-state index is 0.347. The van der Waals surface area contributed by atoms with Crippen molar-refractivity contribution in [3.05, 3.63) is 0 Å². The number of carbonyl (C=O) groups excluding carboxylic acids is 1. The fourth-order valence-corrected chi connectivity index (χ4v) is 1.77. The minimum atomic E-state index is -2.89. The van der Waals surface area contributed by atoms with Crippen LogP contribution in [-0.2, 0) is 4.79 Å². The lowest BCUT2D eigenvalue weighted by Gasteiger charge is -2.26. The Morgan fingerprint density at radius 1 is 1.27 bits per heavy atom. The van der Waals surface area contributed by atoms with Gasteiger partial charge in [0.1, 0.15) is 0 Å². The van der Waals surface area contributed by atoms with Gasteiger partial charge in [0.25, 0.3) is 5.91 Å². The van der Waals surface area contributed by atoms with E-state index < -0.39 is 12.3 Å². The third-order valence-electron chi connectivity index (χ3n) is 2.60. The lowest BCUT2D eigenvalue weighted by atomic mass is 10.1. The molecule has 1 heterocycles. The van der Waals surface area contributed by atoms with E-state index in [2.05, 4.69) is 10.2 Å². The summed E-state index contributed by atoms with van der Waals surface area (Å²) >= 11 is 0. The third-order valence-corrected chi connectivity index (χ3v) is 2.60. The SMILES string of the molecule is O=C(NCCCN1CCCCC1)C(F)F. The first-order valence-electron chi connectivity index (χ1n) is 5.48. The van der Waals surface area contributed by atoms with Crippen LogP contribution in [0.1, 0.15) is 25.7 Å². The molecule has 0 aliphatic carbocycles. The molecule has 1 aliphatic rings. The van der Waals surface area contributed by atoms with Crippen molar-refractivity contribution in [2.75, 3.05) is 26.2 Å². The monoisotopic (exact) mass is 220 g/mol. The molecule has 1 saturated heterocycles. The first kappa shape index (κ1) is 12.4. The average molecular weight is 220 g/mol. The number of nitrogens with one attached hydrogen (secondary N) is 1. The molecule has 5 heteroatoms. The van der Waals surface area contributed by atoms with Crippen molar-refractivity contribution in [3.63, 3.8) is 0 Å². The molecule has 0 atom stereocenters. The molecule has 1 amide bonds. The fourth-order valence-electron chi connectivity index (χ4n) is 1.77. The van der Waals surface area contributed by atoms with E-state index in [1.807, 2.05) is 0 Å². The second kappa shape index (κ2) is 6.71. The Labute approximate surface area is 88.8 Å². The van der Waals surface area contributed by atoms with Crippen LogP contribution in [0.4, 0.5) is 8.78 Å². The summed E-state index contributed by atoms with van der Waals surface area (Å²) in [6.07, 6.45) is 1.60. The molecule has 0 bridgehead atoms. The summed E-state index contributed by atoms with van der Waals surface area (Å²) < 4.78 is 23.6. The second-order valence-electron chi connectivity index (χ2n) is 3.85. The van der Waals surface area contributed by atoms with Crippen LogP contribution in [0.3, 0.4) is 0 Å². The molecule has 1 aliphatic heterocycles. The molecule has 1 N–H and O–H groups in total. The van der Waals surface area contributed by atoms with Crippen LogP contribution in [0.5, 0.6) is 0 Å². The van der Waals surface area contributed by atoms with Gasteiger partial charge in [-0.3, -0.25) is 4.79 Å². The van der Waals surface area contributed by atoms with Crippen molar-refractivity contribution in [3.8, 4) is 0 Å². The van der Waals surface area contributed by atoms with Gasteiger partial charge >= 0.3 is 6.43 Å². The van der Waals surface area contributed by atoms with Crippen LogP contribution >= 0.6 is 0 Å². The molecular formula is C10H18F2N2O. The molecule has 88 valence electrons. The Morgan fingerprint density at radius 2 is 1.93 bits per heavy atom. The van der Waals surface area contributed by atoms with Crippen LogP contribution < -0.4 is 5.32 Å². The minimum Gasteiger partial charge on any atom is -0.351 e. The Morgan fingerprint density at radius 3 is 2.53 bits per heavy atom. The Hall–Kier alpha value is -0.710. The molecule has 0 aromatic carbocycles. The second-order valence-corrected chi connectivity index (χ2v) is 3.85. The van der Waals surface area contributed by atoms with E-state index >= 15 is 0 Å². The Kier molecular flexibility index (Phi) is 5.53. The van der Waals surface area contributed by atoms with Gasteiger partial charge in [0, 0.05) is 6.54 Å². The molecule has 1 fully saturated rings. The average Bonchev–Trinajstić information content (AvgIpc) is 2.25. The number of amides is 1. The van der Waals surface area contributed by atoms with E-state index in [-0.39, 0.29) is 0 Å². The highest BCUT2D eigenvalue weighted by Crippen LogP contribution is 2.08. The van der Waals surface area contributed by atoms with Gasteiger partial charge in [-0.1, -0.05) is 6.42 Å². The zero-order chi connectivity index (χ0) is 11.1. The van der Waals surface area contributed by atoms with Crippen molar-refractivity contribution < 1.29 is 13.6 Å². The van der Waals surface area contributed by atoms with Crippen LogP contribution in [0.15, 0.2) is 0 Å². The molecule has 15 heavy (non-hydrogen) atoms. The molecule has 0 spiro atoms. The van der Waals surface area contributed by atoms with Gasteiger partial charge in [-0.05, 0) is 38.9 Å². The summed E-state index contributed by atoms with van der Waals surface area (Å²) in [7, 11) is 0. The number of piperidine rings is 1. The largest absolute Gasteiger partial charge is 0.351 e. The topological polar surface area (TPSA) is 32.3 Å². The zero-order valence-corrected chi connectivity index (χ0v) is 8.85. The van der Waals surface area contributed by atoms with E-state index in [0.29, 0.717) is 6.54 Å². The molecule has 0 radical (unpaired) electrons. The van der Waals surface area contributed by atoms with E-state index in [0.717, 1.165) is 26.1 Å². The highest BCUT2D eigenvalue weighted by molar-refractivity contribution is 5.78.